The molecule has 130 valence electrons. The third-order valence-corrected chi connectivity index (χ3v) is 4.69. The van der Waals surface area contributed by atoms with E-state index in [4.69, 9.17) is 4.42 Å². The van der Waals surface area contributed by atoms with Gasteiger partial charge in [0.1, 0.15) is 5.76 Å². The van der Waals surface area contributed by atoms with Crippen LogP contribution in [0.2, 0.25) is 0 Å². The highest BCUT2D eigenvalue weighted by Gasteiger charge is 2.41. The summed E-state index contributed by atoms with van der Waals surface area (Å²) >= 11 is 0. The highest BCUT2D eigenvalue weighted by Crippen LogP contribution is 2.43. The summed E-state index contributed by atoms with van der Waals surface area (Å²) in [7, 11) is 0. The summed E-state index contributed by atoms with van der Waals surface area (Å²) < 4.78 is 5.43. The van der Waals surface area contributed by atoms with Crippen LogP contribution in [0, 0.1) is 6.92 Å². The summed E-state index contributed by atoms with van der Waals surface area (Å²) in [6, 6.07) is 20.9. The van der Waals surface area contributed by atoms with Crippen LogP contribution in [0.3, 0.4) is 0 Å². The Morgan fingerprint density at radius 1 is 1.00 bits per heavy atom. The molecule has 1 aromatic heterocycles. The molecule has 3 aromatic rings. The number of aliphatic hydroxyl groups excluding tert-OH is 1. The van der Waals surface area contributed by atoms with Gasteiger partial charge in [-0.2, -0.15) is 0 Å². The van der Waals surface area contributed by atoms with E-state index in [-0.39, 0.29) is 17.7 Å². The average Bonchev–Trinajstić information content (AvgIpc) is 3.26. The molecule has 1 amide bonds. The number of furan rings is 1. The summed E-state index contributed by atoms with van der Waals surface area (Å²) in [6.45, 7) is 2.31. The zero-order valence-electron chi connectivity index (χ0n) is 14.4. The molecule has 0 aliphatic carbocycles. The van der Waals surface area contributed by atoms with Crippen LogP contribution < -0.4 is 0 Å². The maximum Gasteiger partial charge on any atom is 0.290 e. The van der Waals surface area contributed by atoms with Gasteiger partial charge in [-0.1, -0.05) is 60.2 Å². The van der Waals surface area contributed by atoms with Gasteiger partial charge in [0.15, 0.2) is 5.76 Å². The smallest absolute Gasteiger partial charge is 0.290 e. The molecule has 1 atom stereocenters. The van der Waals surface area contributed by atoms with Crippen molar-refractivity contribution in [2.45, 2.75) is 19.5 Å². The van der Waals surface area contributed by atoms with Gasteiger partial charge in [0.25, 0.3) is 5.91 Å². The van der Waals surface area contributed by atoms with Crippen molar-refractivity contribution in [3.63, 3.8) is 0 Å². The van der Waals surface area contributed by atoms with Gasteiger partial charge in [-0.05, 0) is 30.2 Å². The Balaban J connectivity index is 1.82. The predicted molar refractivity (Wildman–Crippen MR) is 99.2 cm³/mol. The molecule has 0 radical (unpaired) electrons. The lowest BCUT2D eigenvalue weighted by atomic mass is 9.93. The van der Waals surface area contributed by atoms with Crippen molar-refractivity contribution < 1.29 is 14.3 Å². The Bertz CT molecular complexity index is 941. The molecule has 0 fully saturated rings. The normalized spacial score (nSPS) is 17.2. The molecule has 0 saturated carbocycles. The second-order valence-corrected chi connectivity index (χ2v) is 6.45. The van der Waals surface area contributed by atoms with E-state index in [1.807, 2.05) is 67.6 Å². The molecule has 4 rings (SSSR count). The summed E-state index contributed by atoms with van der Waals surface area (Å²) in [5.41, 5.74) is 3.55. The third kappa shape index (κ3) is 2.80. The Hall–Kier alpha value is -3.27. The first-order valence-corrected chi connectivity index (χ1v) is 8.53. The van der Waals surface area contributed by atoms with Crippen molar-refractivity contribution >= 4 is 11.5 Å². The maximum absolute atomic E-state index is 12.8. The van der Waals surface area contributed by atoms with Crippen LogP contribution in [0.25, 0.3) is 5.57 Å². The second-order valence-electron chi connectivity index (χ2n) is 6.45. The summed E-state index contributed by atoms with van der Waals surface area (Å²) in [5.74, 6) is 0.0947. The SMILES string of the molecule is Cc1ccc(C2=C(O)C(=O)N(Cc3ccco3)C2c2ccccc2)cc1. The number of hydrogen-bond acceptors (Lipinski definition) is 3. The number of aliphatic hydroxyl groups is 1. The van der Waals surface area contributed by atoms with Gasteiger partial charge in [0, 0.05) is 5.57 Å². The second kappa shape index (κ2) is 6.56. The maximum atomic E-state index is 12.8. The standard InChI is InChI=1S/C22H19NO3/c1-15-9-11-16(12-10-15)19-20(17-6-3-2-4-7-17)23(22(25)21(19)24)14-18-8-5-13-26-18/h2-13,20,24H,14H2,1H3. The van der Waals surface area contributed by atoms with Crippen LogP contribution in [-0.2, 0) is 11.3 Å². The number of carbonyl (C=O) groups is 1. The molecular weight excluding hydrogens is 326 g/mol. The number of carbonyl (C=O) groups excluding carboxylic acids is 1. The fourth-order valence-electron chi connectivity index (χ4n) is 3.40. The summed E-state index contributed by atoms with van der Waals surface area (Å²) in [6.07, 6.45) is 1.58. The first-order chi connectivity index (χ1) is 12.6. The minimum Gasteiger partial charge on any atom is -0.503 e. The Kier molecular flexibility index (Phi) is 4.09. The molecule has 2 aromatic carbocycles. The first kappa shape index (κ1) is 16.2. The van der Waals surface area contributed by atoms with Gasteiger partial charge in [-0.25, -0.2) is 0 Å². The van der Waals surface area contributed by atoms with Crippen molar-refractivity contribution in [1.82, 2.24) is 4.90 Å². The van der Waals surface area contributed by atoms with Crippen molar-refractivity contribution in [2.75, 3.05) is 0 Å². The molecular formula is C22H19NO3. The lowest BCUT2D eigenvalue weighted by Crippen LogP contribution is -2.29. The number of aryl methyl sites for hydroxylation is 1. The van der Waals surface area contributed by atoms with Crippen molar-refractivity contribution in [2.24, 2.45) is 0 Å². The quantitative estimate of drug-likeness (QED) is 0.749. The molecule has 2 heterocycles. The molecule has 4 nitrogen and oxygen atoms in total. The number of benzene rings is 2. The van der Waals surface area contributed by atoms with Crippen LogP contribution in [0.15, 0.2) is 83.2 Å². The molecule has 0 saturated heterocycles. The van der Waals surface area contributed by atoms with Crippen LogP contribution in [0.1, 0.15) is 28.5 Å². The van der Waals surface area contributed by atoms with Crippen molar-refractivity contribution in [3.8, 4) is 0 Å². The first-order valence-electron chi connectivity index (χ1n) is 8.53. The number of rotatable bonds is 4. The third-order valence-electron chi connectivity index (χ3n) is 4.69. The molecule has 0 spiro atoms. The van der Waals surface area contributed by atoms with Gasteiger partial charge in [-0.15, -0.1) is 0 Å². The highest BCUT2D eigenvalue weighted by atomic mass is 16.3. The minimum absolute atomic E-state index is 0.200. The molecule has 1 aliphatic heterocycles. The highest BCUT2D eigenvalue weighted by molar-refractivity contribution is 6.05. The largest absolute Gasteiger partial charge is 0.503 e. The van der Waals surface area contributed by atoms with Gasteiger partial charge in [-0.3, -0.25) is 4.79 Å². The van der Waals surface area contributed by atoms with E-state index in [0.717, 1.165) is 16.7 Å². The van der Waals surface area contributed by atoms with E-state index < -0.39 is 0 Å². The topological polar surface area (TPSA) is 53.7 Å². The zero-order chi connectivity index (χ0) is 18.1. The fraction of sp³-hybridized carbons (Fsp3) is 0.136. The molecule has 1 unspecified atom stereocenters. The summed E-state index contributed by atoms with van der Waals surface area (Å²) in [4.78, 5) is 14.5. The Morgan fingerprint density at radius 2 is 1.73 bits per heavy atom. The fourth-order valence-corrected chi connectivity index (χ4v) is 3.40. The molecule has 1 aliphatic rings. The molecule has 1 N–H and O–H groups in total. The van der Waals surface area contributed by atoms with E-state index in [0.29, 0.717) is 17.9 Å². The van der Waals surface area contributed by atoms with Gasteiger partial charge < -0.3 is 14.4 Å². The zero-order valence-corrected chi connectivity index (χ0v) is 14.4. The number of hydrogen-bond donors (Lipinski definition) is 1. The molecule has 0 bridgehead atoms. The molecule has 26 heavy (non-hydrogen) atoms. The Morgan fingerprint density at radius 3 is 2.38 bits per heavy atom. The number of amides is 1. The Labute approximate surface area is 152 Å². The van der Waals surface area contributed by atoms with E-state index >= 15 is 0 Å². The van der Waals surface area contributed by atoms with Crippen molar-refractivity contribution in [1.29, 1.82) is 0 Å². The van der Waals surface area contributed by atoms with E-state index in [2.05, 4.69) is 0 Å². The van der Waals surface area contributed by atoms with Crippen LogP contribution in [-0.4, -0.2) is 15.9 Å². The monoisotopic (exact) mass is 345 g/mol. The van der Waals surface area contributed by atoms with Gasteiger partial charge >= 0.3 is 0 Å². The minimum atomic E-state index is -0.383. The number of nitrogens with zero attached hydrogens (tertiary/aromatic N) is 1. The van der Waals surface area contributed by atoms with Gasteiger partial charge in [0.2, 0.25) is 0 Å². The van der Waals surface area contributed by atoms with Crippen LogP contribution >= 0.6 is 0 Å². The van der Waals surface area contributed by atoms with E-state index in [9.17, 15) is 9.90 Å². The predicted octanol–water partition coefficient (Wildman–Crippen LogP) is 4.64. The van der Waals surface area contributed by atoms with Gasteiger partial charge in [0.05, 0.1) is 18.8 Å². The molecule has 4 heteroatoms. The van der Waals surface area contributed by atoms with E-state index in [1.165, 1.54) is 0 Å². The lowest BCUT2D eigenvalue weighted by molar-refractivity contribution is -0.130. The van der Waals surface area contributed by atoms with Crippen LogP contribution in [0.5, 0.6) is 0 Å². The average molecular weight is 345 g/mol. The van der Waals surface area contributed by atoms with Crippen LogP contribution in [0.4, 0.5) is 0 Å². The van der Waals surface area contributed by atoms with E-state index in [1.54, 1.807) is 17.2 Å². The van der Waals surface area contributed by atoms with Crippen molar-refractivity contribution in [3.05, 3.63) is 101 Å². The lowest BCUT2D eigenvalue weighted by Gasteiger charge is -2.26. The summed E-state index contributed by atoms with van der Waals surface area (Å²) in [5, 5.41) is 10.7.